The largest absolute Gasteiger partial charge is 0.456 e. The van der Waals surface area contributed by atoms with Gasteiger partial charge in [-0.05, 0) is 48.2 Å². The van der Waals surface area contributed by atoms with E-state index in [1.807, 2.05) is 12.1 Å². The van der Waals surface area contributed by atoms with Crippen LogP contribution in [0.1, 0.15) is 54.0 Å². The molecule has 0 aliphatic heterocycles. The highest BCUT2D eigenvalue weighted by atomic mass is 19.2. The van der Waals surface area contributed by atoms with E-state index in [-0.39, 0.29) is 11.0 Å². The van der Waals surface area contributed by atoms with Crippen LogP contribution in [0.2, 0.25) is 0 Å². The summed E-state index contributed by atoms with van der Waals surface area (Å²) in [6, 6.07) is 8.68. The van der Waals surface area contributed by atoms with Gasteiger partial charge in [-0.25, -0.2) is 13.6 Å². The van der Waals surface area contributed by atoms with E-state index in [0.29, 0.717) is 5.56 Å². The van der Waals surface area contributed by atoms with Crippen molar-refractivity contribution in [2.75, 3.05) is 6.61 Å². The molecule has 0 aromatic heterocycles. The van der Waals surface area contributed by atoms with Crippen LogP contribution >= 0.6 is 0 Å². The van der Waals surface area contributed by atoms with Gasteiger partial charge < -0.3 is 10.1 Å². The van der Waals surface area contributed by atoms with Crippen LogP contribution in [0.5, 0.6) is 0 Å². The minimum Gasteiger partial charge on any atom is -0.456 e. The van der Waals surface area contributed by atoms with Gasteiger partial charge in [0, 0.05) is 11.1 Å². The first-order valence-electron chi connectivity index (χ1n) is 9.05. The standard InChI is InChI=1S/C22H23F2NO4/c1-13(25-20(27)14-5-8-16(9-6-14)22(2,3)4)21(28)29-12-19(26)15-7-10-17(23)18(24)11-15/h5-11,13H,12H2,1-4H3,(H,25,27)/t13-/m0/s1. The van der Waals surface area contributed by atoms with Crippen molar-refractivity contribution in [3.8, 4) is 0 Å². The van der Waals surface area contributed by atoms with Gasteiger partial charge in [-0.1, -0.05) is 32.9 Å². The number of halogens is 2. The Morgan fingerprint density at radius 3 is 2.10 bits per heavy atom. The van der Waals surface area contributed by atoms with Crippen molar-refractivity contribution in [2.45, 2.75) is 39.2 Å². The fourth-order valence-corrected chi connectivity index (χ4v) is 2.48. The first-order valence-corrected chi connectivity index (χ1v) is 9.05. The number of rotatable bonds is 6. The molecule has 7 heteroatoms. The fraction of sp³-hybridized carbons (Fsp3) is 0.318. The number of hydrogen-bond acceptors (Lipinski definition) is 4. The number of ether oxygens (including phenoxy) is 1. The average Bonchev–Trinajstić information content (AvgIpc) is 2.67. The van der Waals surface area contributed by atoms with Crippen LogP contribution in [-0.4, -0.2) is 30.3 Å². The van der Waals surface area contributed by atoms with Crippen LogP contribution in [0.3, 0.4) is 0 Å². The monoisotopic (exact) mass is 403 g/mol. The first kappa shape index (κ1) is 22.2. The first-order chi connectivity index (χ1) is 13.5. The lowest BCUT2D eigenvalue weighted by molar-refractivity contribution is -0.144. The zero-order valence-corrected chi connectivity index (χ0v) is 16.7. The summed E-state index contributed by atoms with van der Waals surface area (Å²) >= 11 is 0. The van der Waals surface area contributed by atoms with Gasteiger partial charge in [-0.15, -0.1) is 0 Å². The van der Waals surface area contributed by atoms with Crippen molar-refractivity contribution in [3.63, 3.8) is 0 Å². The molecule has 0 saturated carbocycles. The molecule has 2 aromatic rings. The highest BCUT2D eigenvalue weighted by Crippen LogP contribution is 2.22. The lowest BCUT2D eigenvalue weighted by Gasteiger charge is -2.19. The maximum absolute atomic E-state index is 13.2. The molecule has 1 N–H and O–H groups in total. The summed E-state index contributed by atoms with van der Waals surface area (Å²) in [6.07, 6.45) is 0. The molecule has 1 atom stereocenters. The average molecular weight is 403 g/mol. The number of Topliss-reactive ketones (excluding diaryl/α,β-unsaturated/α-hetero) is 1. The normalized spacial score (nSPS) is 12.2. The fourth-order valence-electron chi connectivity index (χ4n) is 2.48. The van der Waals surface area contributed by atoms with Crippen molar-refractivity contribution < 1.29 is 27.9 Å². The molecule has 29 heavy (non-hydrogen) atoms. The van der Waals surface area contributed by atoms with E-state index in [9.17, 15) is 23.2 Å². The minimum absolute atomic E-state index is 0.0495. The minimum atomic E-state index is -1.17. The Kier molecular flexibility index (Phi) is 6.84. The predicted molar refractivity (Wildman–Crippen MR) is 104 cm³/mol. The Bertz CT molecular complexity index is 917. The number of hydrogen-bond donors (Lipinski definition) is 1. The molecular weight excluding hydrogens is 380 g/mol. The number of benzene rings is 2. The summed E-state index contributed by atoms with van der Waals surface area (Å²) < 4.78 is 31.0. The van der Waals surface area contributed by atoms with Crippen molar-refractivity contribution >= 4 is 17.7 Å². The Hall–Kier alpha value is -3.09. The van der Waals surface area contributed by atoms with Crippen LogP contribution in [0.4, 0.5) is 8.78 Å². The van der Waals surface area contributed by atoms with E-state index < -0.39 is 41.9 Å². The second-order valence-corrected chi connectivity index (χ2v) is 7.68. The van der Waals surface area contributed by atoms with Crippen LogP contribution in [0, 0.1) is 11.6 Å². The molecule has 1 amide bonds. The Labute approximate surface area is 168 Å². The predicted octanol–water partition coefficient (Wildman–Crippen LogP) is 3.81. The third kappa shape index (κ3) is 5.94. The smallest absolute Gasteiger partial charge is 0.328 e. The molecule has 0 heterocycles. The van der Waals surface area contributed by atoms with Crippen molar-refractivity contribution in [2.24, 2.45) is 0 Å². The molecule has 0 unspecified atom stereocenters. The summed E-state index contributed by atoms with van der Waals surface area (Å²) in [5.74, 6) is -4.21. The molecule has 0 aliphatic carbocycles. The van der Waals surface area contributed by atoms with Crippen LogP contribution in [0.25, 0.3) is 0 Å². The van der Waals surface area contributed by atoms with Gasteiger partial charge in [0.25, 0.3) is 5.91 Å². The van der Waals surface area contributed by atoms with E-state index in [0.717, 1.165) is 23.8 Å². The van der Waals surface area contributed by atoms with E-state index >= 15 is 0 Å². The Balaban J connectivity index is 1.90. The lowest BCUT2D eigenvalue weighted by atomic mass is 9.86. The third-order valence-corrected chi connectivity index (χ3v) is 4.30. The molecule has 0 bridgehead atoms. The number of nitrogens with one attached hydrogen (secondary N) is 1. The molecule has 0 saturated heterocycles. The second-order valence-electron chi connectivity index (χ2n) is 7.68. The molecule has 5 nitrogen and oxygen atoms in total. The van der Waals surface area contributed by atoms with Gasteiger partial charge in [0.1, 0.15) is 6.04 Å². The maximum atomic E-state index is 13.2. The number of ketones is 1. The molecule has 0 spiro atoms. The van der Waals surface area contributed by atoms with Gasteiger partial charge in [-0.2, -0.15) is 0 Å². The van der Waals surface area contributed by atoms with Crippen molar-refractivity contribution in [1.29, 1.82) is 0 Å². The SMILES string of the molecule is C[C@H](NC(=O)c1ccc(C(C)(C)C)cc1)C(=O)OCC(=O)c1ccc(F)c(F)c1. The number of carbonyl (C=O) groups excluding carboxylic acids is 3. The molecule has 0 aliphatic rings. The topological polar surface area (TPSA) is 72.5 Å². The summed E-state index contributed by atoms with van der Waals surface area (Å²) in [5.41, 5.74) is 1.28. The summed E-state index contributed by atoms with van der Waals surface area (Å²) in [4.78, 5) is 36.3. The Morgan fingerprint density at radius 1 is 0.966 bits per heavy atom. The molecule has 0 fully saturated rings. The van der Waals surface area contributed by atoms with Crippen LogP contribution in [-0.2, 0) is 14.9 Å². The van der Waals surface area contributed by atoms with Crippen molar-refractivity contribution in [1.82, 2.24) is 5.32 Å². The molecule has 154 valence electrons. The second kappa shape index (κ2) is 8.94. The number of esters is 1. The Morgan fingerprint density at radius 2 is 1.55 bits per heavy atom. The van der Waals surface area contributed by atoms with E-state index in [2.05, 4.69) is 26.1 Å². The quantitative estimate of drug-likeness (QED) is 0.588. The summed E-state index contributed by atoms with van der Waals surface area (Å²) in [5, 5.41) is 2.50. The lowest BCUT2D eigenvalue weighted by Crippen LogP contribution is -2.40. The van der Waals surface area contributed by atoms with Gasteiger partial charge in [-0.3, -0.25) is 9.59 Å². The van der Waals surface area contributed by atoms with E-state index in [1.54, 1.807) is 12.1 Å². The highest BCUT2D eigenvalue weighted by molar-refractivity contribution is 5.99. The van der Waals surface area contributed by atoms with E-state index in [1.165, 1.54) is 6.92 Å². The number of amides is 1. The van der Waals surface area contributed by atoms with Gasteiger partial charge in [0.15, 0.2) is 24.0 Å². The molecule has 2 rings (SSSR count). The maximum Gasteiger partial charge on any atom is 0.328 e. The van der Waals surface area contributed by atoms with Crippen LogP contribution < -0.4 is 5.32 Å². The zero-order valence-electron chi connectivity index (χ0n) is 16.7. The molecular formula is C22H23F2NO4. The summed E-state index contributed by atoms with van der Waals surface area (Å²) in [6.45, 7) is 6.95. The van der Waals surface area contributed by atoms with Gasteiger partial charge >= 0.3 is 5.97 Å². The third-order valence-electron chi connectivity index (χ3n) is 4.30. The zero-order chi connectivity index (χ0) is 21.8. The highest BCUT2D eigenvalue weighted by Gasteiger charge is 2.20. The van der Waals surface area contributed by atoms with Crippen molar-refractivity contribution in [3.05, 3.63) is 70.8 Å². The summed E-state index contributed by atoms with van der Waals surface area (Å²) in [7, 11) is 0. The number of carbonyl (C=O) groups is 3. The van der Waals surface area contributed by atoms with Crippen LogP contribution in [0.15, 0.2) is 42.5 Å². The van der Waals surface area contributed by atoms with E-state index in [4.69, 9.17) is 4.74 Å². The van der Waals surface area contributed by atoms with Gasteiger partial charge in [0.05, 0.1) is 0 Å². The molecule has 0 radical (unpaired) electrons. The van der Waals surface area contributed by atoms with Gasteiger partial charge in [0.2, 0.25) is 0 Å². The molecule has 2 aromatic carbocycles.